The van der Waals surface area contributed by atoms with Crippen LogP contribution in [0.15, 0.2) is 23.2 Å². The molecule has 1 fully saturated rings. The first-order chi connectivity index (χ1) is 8.87. The molecule has 7 nitrogen and oxygen atoms in total. The molecule has 0 bridgehead atoms. The summed E-state index contributed by atoms with van der Waals surface area (Å²) in [5, 5.41) is 22.1. The predicted octanol–water partition coefficient (Wildman–Crippen LogP) is 0.274. The molecule has 0 aromatic heterocycles. The number of non-ortho nitro benzene ring substituents is 1. The summed E-state index contributed by atoms with van der Waals surface area (Å²) in [4.78, 5) is 14.0. The second kappa shape index (κ2) is 4.96. The Bertz CT molecular complexity index is 638. The van der Waals surface area contributed by atoms with E-state index in [0.717, 1.165) is 18.2 Å². The molecule has 1 aliphatic heterocycles. The molecule has 0 spiro atoms. The quantitative estimate of drug-likeness (QED) is 0.449. The first-order valence-corrected chi connectivity index (χ1v) is 7.38. The highest BCUT2D eigenvalue weighted by molar-refractivity contribution is 7.91. The third kappa shape index (κ3) is 3.28. The number of rotatable bonds is 3. The van der Waals surface area contributed by atoms with E-state index in [2.05, 4.69) is 4.99 Å². The predicted molar refractivity (Wildman–Crippen MR) is 67.2 cm³/mol. The Morgan fingerprint density at radius 3 is 2.74 bits per heavy atom. The highest BCUT2D eigenvalue weighted by Crippen LogP contribution is 2.20. The van der Waals surface area contributed by atoms with Crippen LogP contribution < -0.4 is 5.11 Å². The fourth-order valence-corrected chi connectivity index (χ4v) is 3.47. The first-order valence-electron chi connectivity index (χ1n) is 5.56. The molecule has 0 radical (unpaired) electrons. The van der Waals surface area contributed by atoms with E-state index in [1.54, 1.807) is 0 Å². The lowest BCUT2D eigenvalue weighted by Crippen LogP contribution is -2.08. The minimum Gasteiger partial charge on any atom is -0.872 e. The molecular formula is C11H11N2O5S-. The van der Waals surface area contributed by atoms with Crippen LogP contribution >= 0.6 is 0 Å². The number of aliphatic imine (C=N–C) groups is 1. The highest BCUT2D eigenvalue weighted by atomic mass is 32.2. The summed E-state index contributed by atoms with van der Waals surface area (Å²) in [5.74, 6) is -0.323. The molecule has 1 saturated heterocycles. The van der Waals surface area contributed by atoms with Crippen molar-refractivity contribution in [3.05, 3.63) is 33.9 Å². The topological polar surface area (TPSA) is 113 Å². The Labute approximate surface area is 109 Å². The van der Waals surface area contributed by atoms with Crippen LogP contribution in [0.4, 0.5) is 5.69 Å². The maximum Gasteiger partial charge on any atom is 0.270 e. The maximum absolute atomic E-state index is 11.5. The summed E-state index contributed by atoms with van der Waals surface area (Å²) in [6, 6.07) is 2.99. The van der Waals surface area contributed by atoms with Crippen molar-refractivity contribution in [2.45, 2.75) is 12.5 Å². The minimum absolute atomic E-state index is 0.0351. The van der Waals surface area contributed by atoms with E-state index in [-0.39, 0.29) is 34.5 Å². The van der Waals surface area contributed by atoms with Crippen LogP contribution in [-0.4, -0.2) is 37.1 Å². The second-order valence-electron chi connectivity index (χ2n) is 4.31. The molecule has 8 heteroatoms. The van der Waals surface area contributed by atoms with Crippen molar-refractivity contribution in [1.82, 2.24) is 0 Å². The zero-order valence-corrected chi connectivity index (χ0v) is 10.7. The molecule has 0 aliphatic carbocycles. The van der Waals surface area contributed by atoms with Crippen LogP contribution in [0.1, 0.15) is 12.0 Å². The van der Waals surface area contributed by atoms with Gasteiger partial charge in [0.05, 0.1) is 22.5 Å². The van der Waals surface area contributed by atoms with Crippen molar-refractivity contribution in [3.63, 3.8) is 0 Å². The standard InChI is InChI=1S/C11H12N2O5S/c14-11-2-1-10(13(15)16)5-8(11)6-12-9-3-4-19(17,18)7-9/h1-2,5-6,9,14H,3-4,7H2/p-1/t9-/m0/s1. The fourth-order valence-electron chi connectivity index (χ4n) is 1.83. The van der Waals surface area contributed by atoms with Gasteiger partial charge in [-0.25, -0.2) is 8.42 Å². The molecule has 1 aromatic carbocycles. The Hall–Kier alpha value is -1.96. The van der Waals surface area contributed by atoms with E-state index in [1.165, 1.54) is 6.21 Å². The monoisotopic (exact) mass is 283 g/mol. The number of benzene rings is 1. The van der Waals surface area contributed by atoms with E-state index < -0.39 is 14.8 Å². The van der Waals surface area contributed by atoms with Gasteiger partial charge in [-0.2, -0.15) is 0 Å². The van der Waals surface area contributed by atoms with E-state index >= 15 is 0 Å². The molecular weight excluding hydrogens is 272 g/mol. The van der Waals surface area contributed by atoms with Gasteiger partial charge in [-0.1, -0.05) is 11.8 Å². The van der Waals surface area contributed by atoms with E-state index in [9.17, 15) is 23.6 Å². The zero-order valence-electron chi connectivity index (χ0n) is 9.85. The zero-order chi connectivity index (χ0) is 14.0. The molecule has 1 heterocycles. The number of hydrogen-bond donors (Lipinski definition) is 0. The van der Waals surface area contributed by atoms with Gasteiger partial charge in [0.1, 0.15) is 0 Å². The highest BCUT2D eigenvalue weighted by Gasteiger charge is 2.26. The van der Waals surface area contributed by atoms with Crippen LogP contribution in [0.25, 0.3) is 0 Å². The Balaban J connectivity index is 2.19. The van der Waals surface area contributed by atoms with Crippen molar-refractivity contribution in [3.8, 4) is 5.75 Å². The maximum atomic E-state index is 11.5. The van der Waals surface area contributed by atoms with Crippen molar-refractivity contribution in [1.29, 1.82) is 0 Å². The Morgan fingerprint density at radius 2 is 2.16 bits per heavy atom. The lowest BCUT2D eigenvalue weighted by molar-refractivity contribution is -0.385. The summed E-state index contributed by atoms with van der Waals surface area (Å²) in [6.07, 6.45) is 1.64. The minimum atomic E-state index is -3.03. The molecule has 19 heavy (non-hydrogen) atoms. The van der Waals surface area contributed by atoms with Gasteiger partial charge >= 0.3 is 0 Å². The molecule has 1 atom stereocenters. The molecule has 1 aromatic rings. The molecule has 1 aliphatic rings. The van der Waals surface area contributed by atoms with Gasteiger partial charge in [0, 0.05) is 18.3 Å². The summed E-state index contributed by atoms with van der Waals surface area (Å²) in [7, 11) is -3.03. The van der Waals surface area contributed by atoms with Crippen LogP contribution in [0.3, 0.4) is 0 Å². The van der Waals surface area contributed by atoms with Crippen LogP contribution in [0.2, 0.25) is 0 Å². The number of sulfone groups is 1. The summed E-state index contributed by atoms with van der Waals surface area (Å²) >= 11 is 0. The van der Waals surface area contributed by atoms with E-state index in [1.807, 2.05) is 0 Å². The van der Waals surface area contributed by atoms with Crippen LogP contribution in [0, 0.1) is 10.1 Å². The van der Waals surface area contributed by atoms with Gasteiger partial charge in [-0.3, -0.25) is 15.1 Å². The van der Waals surface area contributed by atoms with E-state index in [4.69, 9.17) is 0 Å². The van der Waals surface area contributed by atoms with Crippen molar-refractivity contribution in [2.24, 2.45) is 4.99 Å². The molecule has 102 valence electrons. The molecule has 0 N–H and O–H groups in total. The molecule has 2 rings (SSSR count). The molecule has 0 unspecified atom stereocenters. The van der Waals surface area contributed by atoms with Gasteiger partial charge in [-0.15, -0.1) is 0 Å². The first kappa shape index (κ1) is 13.5. The van der Waals surface area contributed by atoms with Crippen molar-refractivity contribution < 1.29 is 18.4 Å². The number of hydrogen-bond acceptors (Lipinski definition) is 6. The largest absolute Gasteiger partial charge is 0.872 e. The van der Waals surface area contributed by atoms with Gasteiger partial charge in [0.25, 0.3) is 5.69 Å². The van der Waals surface area contributed by atoms with E-state index in [0.29, 0.717) is 6.42 Å². The second-order valence-corrected chi connectivity index (χ2v) is 6.54. The lowest BCUT2D eigenvalue weighted by atomic mass is 10.2. The average Bonchev–Trinajstić information content (AvgIpc) is 2.67. The SMILES string of the molecule is O=[N+]([O-])c1ccc([O-])c(C=N[C@H]2CCS(=O)(=O)C2)c1. The summed E-state index contributed by atoms with van der Waals surface area (Å²) in [6.45, 7) is 0. The van der Waals surface area contributed by atoms with Crippen LogP contribution in [0.5, 0.6) is 5.75 Å². The average molecular weight is 283 g/mol. The third-order valence-electron chi connectivity index (χ3n) is 2.84. The lowest BCUT2D eigenvalue weighted by Gasteiger charge is -2.09. The molecule has 0 amide bonds. The van der Waals surface area contributed by atoms with Gasteiger partial charge in [0.15, 0.2) is 9.84 Å². The van der Waals surface area contributed by atoms with Gasteiger partial charge < -0.3 is 5.11 Å². The van der Waals surface area contributed by atoms with Gasteiger partial charge in [0.2, 0.25) is 0 Å². The Morgan fingerprint density at radius 1 is 1.42 bits per heavy atom. The number of nitrogens with zero attached hydrogens (tertiary/aromatic N) is 2. The fraction of sp³-hybridized carbons (Fsp3) is 0.364. The van der Waals surface area contributed by atoms with Crippen molar-refractivity contribution in [2.75, 3.05) is 11.5 Å². The smallest absolute Gasteiger partial charge is 0.270 e. The van der Waals surface area contributed by atoms with Gasteiger partial charge in [-0.05, 0) is 12.0 Å². The molecule has 0 saturated carbocycles. The van der Waals surface area contributed by atoms with Crippen LogP contribution in [-0.2, 0) is 9.84 Å². The van der Waals surface area contributed by atoms with Crippen molar-refractivity contribution >= 4 is 21.7 Å². The summed E-state index contributed by atoms with van der Waals surface area (Å²) < 4.78 is 22.5. The number of nitro groups is 1. The summed E-state index contributed by atoms with van der Waals surface area (Å²) in [5.41, 5.74) is -0.0985. The third-order valence-corrected chi connectivity index (χ3v) is 4.59. The Kier molecular flexibility index (Phi) is 3.52. The normalized spacial score (nSPS) is 21.8. The number of nitro benzene ring substituents is 1.